The van der Waals surface area contributed by atoms with Crippen molar-refractivity contribution < 1.29 is 124 Å². The van der Waals surface area contributed by atoms with E-state index in [1.54, 1.807) is 0 Å². The Bertz CT molecular complexity index is 2840. The second-order valence-electron chi connectivity index (χ2n) is 20.4. The summed E-state index contributed by atoms with van der Waals surface area (Å²) in [5.41, 5.74) is -0.388. The van der Waals surface area contributed by atoms with Crippen LogP contribution in [0.3, 0.4) is 0 Å². The average molecular weight is 1220 g/mol. The topological polar surface area (TPSA) is 333 Å². The van der Waals surface area contributed by atoms with E-state index in [4.69, 9.17) is 71.1 Å². The zero-order chi connectivity index (χ0) is 63.2. The first-order chi connectivity index (χ1) is 41.6. The van der Waals surface area contributed by atoms with Gasteiger partial charge in [0.25, 0.3) is 23.6 Å². The summed E-state index contributed by atoms with van der Waals surface area (Å²) in [7, 11) is 1.26. The lowest BCUT2D eigenvalue weighted by atomic mass is 9.92. The Morgan fingerprint density at radius 2 is 0.874 bits per heavy atom. The van der Waals surface area contributed by atoms with Gasteiger partial charge in [-0.2, -0.15) is 0 Å². The van der Waals surface area contributed by atoms with Gasteiger partial charge < -0.3 is 71.1 Å². The van der Waals surface area contributed by atoms with Crippen LogP contribution in [0.15, 0.2) is 73.8 Å². The number of imide groups is 2. The summed E-state index contributed by atoms with van der Waals surface area (Å²) in [6.45, 7) is 11.3. The van der Waals surface area contributed by atoms with Crippen molar-refractivity contribution in [2.75, 3.05) is 46.8 Å². The highest BCUT2D eigenvalue weighted by atomic mass is 16.8. The van der Waals surface area contributed by atoms with Crippen molar-refractivity contribution in [2.24, 2.45) is 0 Å². The van der Waals surface area contributed by atoms with Gasteiger partial charge in [0.2, 0.25) is 0 Å². The highest BCUT2D eigenvalue weighted by molar-refractivity contribution is 6.22. The fourth-order valence-corrected chi connectivity index (χ4v) is 10.7. The van der Waals surface area contributed by atoms with Crippen molar-refractivity contribution in [3.8, 4) is 0 Å². The average Bonchev–Trinajstić information content (AvgIpc) is 1.75. The minimum absolute atomic E-state index is 0.0775. The molecule has 28 heteroatoms. The van der Waals surface area contributed by atoms with Crippen molar-refractivity contribution in [2.45, 2.75) is 159 Å². The van der Waals surface area contributed by atoms with E-state index < -0.39 is 177 Å². The molecule has 28 nitrogen and oxygen atoms in total. The van der Waals surface area contributed by atoms with E-state index in [9.17, 15) is 52.7 Å². The van der Waals surface area contributed by atoms with Crippen LogP contribution in [0.2, 0.25) is 0 Å². The Hall–Kier alpha value is -7.83. The lowest BCUT2D eigenvalue weighted by Gasteiger charge is -2.52. The van der Waals surface area contributed by atoms with Crippen LogP contribution >= 0.6 is 0 Å². The summed E-state index contributed by atoms with van der Waals surface area (Å²) >= 11 is 0. The molecule has 0 spiro atoms. The monoisotopic (exact) mass is 1220 g/mol. The van der Waals surface area contributed by atoms with Gasteiger partial charge in [-0.15, -0.1) is 13.2 Å². The minimum atomic E-state index is -2.10. The highest BCUT2D eigenvalue weighted by Crippen LogP contribution is 2.42. The largest absolute Gasteiger partial charge is 0.469 e. The molecule has 0 unspecified atom stereocenters. The molecule has 0 bridgehead atoms. The lowest BCUT2D eigenvalue weighted by molar-refractivity contribution is -0.381. The molecule has 0 radical (unpaired) electrons. The second-order valence-corrected chi connectivity index (χ2v) is 20.4. The maximum atomic E-state index is 14.8. The number of methoxy groups -OCH3 is 1. The Kier molecular flexibility index (Phi) is 23.5. The van der Waals surface area contributed by atoms with E-state index in [2.05, 4.69) is 13.2 Å². The summed E-state index contributed by atoms with van der Waals surface area (Å²) in [5.74, 6) is -9.87. The number of ether oxygens (including phenoxy) is 15. The van der Waals surface area contributed by atoms with Crippen molar-refractivity contribution in [1.82, 2.24) is 9.80 Å². The number of hydrogen-bond donors (Lipinski definition) is 0. The van der Waals surface area contributed by atoms with E-state index in [-0.39, 0.29) is 48.5 Å². The second kappa shape index (κ2) is 30.7. The van der Waals surface area contributed by atoms with Crippen LogP contribution in [-0.4, -0.2) is 214 Å². The molecule has 0 N–H and O–H groups in total. The first kappa shape index (κ1) is 66.7. The molecule has 15 atom stereocenters. The molecule has 5 aliphatic rings. The van der Waals surface area contributed by atoms with Gasteiger partial charge in [-0.3, -0.25) is 62.5 Å². The van der Waals surface area contributed by atoms with Crippen molar-refractivity contribution in [3.05, 3.63) is 96.1 Å². The van der Waals surface area contributed by atoms with Crippen LogP contribution in [0.25, 0.3) is 0 Å². The van der Waals surface area contributed by atoms with Gasteiger partial charge >= 0.3 is 41.8 Å². The Morgan fingerprint density at radius 1 is 0.471 bits per heavy atom. The number of nitrogens with zero attached hydrogens (tertiary/aromatic N) is 2. The van der Waals surface area contributed by atoms with Gasteiger partial charge in [0, 0.05) is 54.6 Å². The van der Waals surface area contributed by atoms with Crippen LogP contribution in [0, 0.1) is 0 Å². The third-order valence-electron chi connectivity index (χ3n) is 14.2. The van der Waals surface area contributed by atoms with Crippen molar-refractivity contribution >= 4 is 65.4 Å². The van der Waals surface area contributed by atoms with E-state index in [0.717, 1.165) is 41.5 Å². The Labute approximate surface area is 499 Å². The molecule has 0 aliphatic carbocycles. The smallest absolute Gasteiger partial charge is 0.305 e. The quantitative estimate of drug-likeness (QED) is 0.0388. The van der Waals surface area contributed by atoms with E-state index in [1.165, 1.54) is 67.8 Å². The molecule has 472 valence electrons. The molecule has 7 rings (SSSR count). The molecule has 3 fully saturated rings. The molecule has 87 heavy (non-hydrogen) atoms. The number of carbonyl (C=O) groups excluding carboxylic acids is 11. The van der Waals surface area contributed by atoms with Gasteiger partial charge in [-0.1, -0.05) is 42.8 Å². The van der Waals surface area contributed by atoms with Gasteiger partial charge in [-0.05, 0) is 37.1 Å². The fourth-order valence-electron chi connectivity index (χ4n) is 10.7. The number of amides is 4. The molecule has 2 aromatic rings. The zero-order valence-corrected chi connectivity index (χ0v) is 48.9. The van der Waals surface area contributed by atoms with Crippen LogP contribution in [0.5, 0.6) is 0 Å². The molecule has 2 aromatic carbocycles. The summed E-state index contributed by atoms with van der Waals surface area (Å²) in [5, 5.41) is 0. The third kappa shape index (κ3) is 16.0. The lowest BCUT2D eigenvalue weighted by Crippen LogP contribution is -2.71. The predicted octanol–water partition coefficient (Wildman–Crippen LogP) is 2.64. The van der Waals surface area contributed by atoms with Crippen LogP contribution in [-0.2, 0) is 105 Å². The summed E-state index contributed by atoms with van der Waals surface area (Å²) in [6, 6.07) is 7.58. The summed E-state index contributed by atoms with van der Waals surface area (Å²) in [4.78, 5) is 150. The number of esters is 7. The zero-order valence-electron chi connectivity index (χ0n) is 48.9. The molecule has 4 amide bonds. The van der Waals surface area contributed by atoms with Crippen molar-refractivity contribution in [3.63, 3.8) is 0 Å². The third-order valence-corrected chi connectivity index (χ3v) is 14.2. The number of benzene rings is 2. The standard InChI is InChI=1S/C59H70N2O26/c1-10-24-74-27-40-48(86-57-44(60-53(69)36-19-14-15-20-37(36)54(60)70)49(81-34(7)66)46(79-32(5)64)41(83-57)28-77-30(3)62)51(52(75-25-11-2)59(85-40)76-26-18-12-13-23-43(68)73-9)87-58-45(61-55(71)38-21-16-17-22-39(38)56(61)72)50(82-35(8)67)47(80-33(6)65)42(84-58)29-78-31(4)63/h10-11,14-17,19-22,40-42,44-52,57-59H,1-2,12-13,18,23-29H2,3-9H3/t40-,41-,42-,44+,45+,46-,47-,48+,49-,50-,51+,52-,57+,58+,59+/m1/s1. The molecule has 0 aromatic heterocycles. The fraction of sp³-hybridized carbons (Fsp3) is 0.542. The van der Waals surface area contributed by atoms with Gasteiger partial charge in [-0.25, -0.2) is 0 Å². The maximum absolute atomic E-state index is 14.8. The maximum Gasteiger partial charge on any atom is 0.305 e. The molecular weight excluding hydrogens is 1150 g/mol. The predicted molar refractivity (Wildman–Crippen MR) is 290 cm³/mol. The van der Waals surface area contributed by atoms with E-state index in [0.29, 0.717) is 29.1 Å². The van der Waals surface area contributed by atoms with Crippen LogP contribution < -0.4 is 0 Å². The first-order valence-corrected chi connectivity index (χ1v) is 27.9. The van der Waals surface area contributed by atoms with Gasteiger partial charge in [0.15, 0.2) is 43.3 Å². The van der Waals surface area contributed by atoms with Gasteiger partial charge in [0.05, 0.1) is 49.2 Å². The number of unbranched alkanes of at least 4 members (excludes halogenated alkanes) is 2. The number of hydrogen-bond acceptors (Lipinski definition) is 26. The first-order valence-electron chi connectivity index (χ1n) is 27.9. The summed E-state index contributed by atoms with van der Waals surface area (Å²) in [6.07, 6.45) is -19.0. The molecular formula is C59H70N2O26. The number of carbonyl (C=O) groups is 11. The molecule has 3 saturated heterocycles. The minimum Gasteiger partial charge on any atom is -0.469 e. The van der Waals surface area contributed by atoms with Crippen LogP contribution in [0.1, 0.15) is 109 Å². The normalized spacial score (nSPS) is 28.4. The van der Waals surface area contributed by atoms with E-state index >= 15 is 0 Å². The SMILES string of the molecule is C=CCOC[C@H]1O[C@H](OCCCCCC(=O)OC)[C@H](OCC=C)[C@@H](O[C@@H]2O[C@H](COC(C)=O)[C@@H](OC(C)=O)[C@H](OC(C)=O)[C@@H]2N2C(=O)c3ccccc3C2=O)[C@H]1O[C@@H]1O[C@H](COC(C)=O)[C@@H](OC(C)=O)[C@H](OC(C)=O)[C@@H]1N1C(=O)c2ccccc2C1=O. The highest BCUT2D eigenvalue weighted by Gasteiger charge is 2.63. The Balaban J connectivity index is 1.47. The summed E-state index contributed by atoms with van der Waals surface area (Å²) < 4.78 is 92.2. The van der Waals surface area contributed by atoms with Crippen LogP contribution in [0.4, 0.5) is 0 Å². The van der Waals surface area contributed by atoms with Crippen molar-refractivity contribution in [1.29, 1.82) is 0 Å². The van der Waals surface area contributed by atoms with E-state index in [1.807, 2.05) is 0 Å². The number of fused-ring (bicyclic) bond motifs is 2. The molecule has 5 aliphatic heterocycles. The number of rotatable bonds is 28. The Morgan fingerprint density at radius 3 is 1.28 bits per heavy atom. The van der Waals surface area contributed by atoms with Gasteiger partial charge in [0.1, 0.15) is 61.9 Å². The molecule has 0 saturated carbocycles. The molecule has 5 heterocycles.